The Labute approximate surface area is 103 Å². The lowest BCUT2D eigenvalue weighted by molar-refractivity contribution is -0.145. The first-order valence-electron chi connectivity index (χ1n) is 5.22. The van der Waals surface area contributed by atoms with Gasteiger partial charge in [0.1, 0.15) is 23.4 Å². The Morgan fingerprint density at radius 3 is 2.78 bits per heavy atom. The van der Waals surface area contributed by atoms with Gasteiger partial charge in [0.15, 0.2) is 9.84 Å². The molecule has 0 radical (unpaired) electrons. The SMILES string of the molecule is NC(=O)CN1C(=O)CC1S(=O)(=O)Cc1ccco1. The van der Waals surface area contributed by atoms with Crippen LogP contribution in [0.4, 0.5) is 0 Å². The molecule has 1 aromatic rings. The second-order valence-corrected chi connectivity index (χ2v) is 6.19. The van der Waals surface area contributed by atoms with Gasteiger partial charge in [0.2, 0.25) is 11.8 Å². The van der Waals surface area contributed by atoms with Gasteiger partial charge in [0.05, 0.1) is 12.7 Å². The van der Waals surface area contributed by atoms with E-state index in [1.54, 1.807) is 6.07 Å². The lowest BCUT2D eigenvalue weighted by Gasteiger charge is -2.38. The zero-order valence-corrected chi connectivity index (χ0v) is 10.2. The van der Waals surface area contributed by atoms with Gasteiger partial charge in [0.25, 0.3) is 0 Å². The molecule has 0 aliphatic carbocycles. The van der Waals surface area contributed by atoms with E-state index in [0.29, 0.717) is 5.76 Å². The minimum atomic E-state index is -3.57. The third kappa shape index (κ3) is 2.37. The molecule has 1 unspecified atom stereocenters. The Morgan fingerprint density at radius 2 is 2.28 bits per heavy atom. The number of hydrogen-bond acceptors (Lipinski definition) is 5. The van der Waals surface area contributed by atoms with Crippen molar-refractivity contribution in [3.8, 4) is 0 Å². The van der Waals surface area contributed by atoms with Crippen molar-refractivity contribution in [2.75, 3.05) is 6.54 Å². The topological polar surface area (TPSA) is 111 Å². The monoisotopic (exact) mass is 272 g/mol. The lowest BCUT2D eigenvalue weighted by atomic mass is 10.2. The zero-order valence-electron chi connectivity index (χ0n) is 9.40. The highest BCUT2D eigenvalue weighted by Gasteiger charge is 2.45. The summed E-state index contributed by atoms with van der Waals surface area (Å²) in [6, 6.07) is 3.12. The van der Waals surface area contributed by atoms with E-state index in [4.69, 9.17) is 10.2 Å². The Morgan fingerprint density at radius 1 is 1.56 bits per heavy atom. The van der Waals surface area contributed by atoms with Gasteiger partial charge in [-0.05, 0) is 12.1 Å². The number of β-lactam (4-membered cyclic amide) rings is 1. The molecule has 2 amide bonds. The summed E-state index contributed by atoms with van der Waals surface area (Å²) in [4.78, 5) is 23.0. The molecule has 0 spiro atoms. The summed E-state index contributed by atoms with van der Waals surface area (Å²) in [6.07, 6.45) is 1.26. The second-order valence-electron chi connectivity index (χ2n) is 4.03. The Bertz CT molecular complexity index is 563. The molecule has 1 aliphatic rings. The molecule has 0 aromatic carbocycles. The first-order valence-corrected chi connectivity index (χ1v) is 6.93. The third-order valence-electron chi connectivity index (χ3n) is 2.68. The minimum Gasteiger partial charge on any atom is -0.468 e. The molecule has 1 aromatic heterocycles. The van der Waals surface area contributed by atoms with Gasteiger partial charge >= 0.3 is 0 Å². The molecule has 2 N–H and O–H groups in total. The van der Waals surface area contributed by atoms with Crippen LogP contribution in [0.25, 0.3) is 0 Å². The van der Waals surface area contributed by atoms with Gasteiger partial charge in [-0.2, -0.15) is 0 Å². The quantitative estimate of drug-likeness (QED) is 0.708. The van der Waals surface area contributed by atoms with Crippen LogP contribution >= 0.6 is 0 Å². The molecule has 1 fully saturated rings. The van der Waals surface area contributed by atoms with Crippen molar-refractivity contribution in [3.63, 3.8) is 0 Å². The number of nitrogens with two attached hydrogens (primary N) is 1. The fourth-order valence-corrected chi connectivity index (χ4v) is 3.52. The first-order chi connectivity index (χ1) is 8.40. The summed E-state index contributed by atoms with van der Waals surface area (Å²) in [5, 5.41) is -0.984. The molecule has 98 valence electrons. The van der Waals surface area contributed by atoms with Crippen LogP contribution in [-0.4, -0.2) is 37.1 Å². The molecular weight excluding hydrogens is 260 g/mol. The number of rotatable bonds is 5. The van der Waals surface area contributed by atoms with E-state index in [0.717, 1.165) is 4.90 Å². The molecule has 8 heteroatoms. The number of sulfone groups is 1. The highest BCUT2D eigenvalue weighted by atomic mass is 32.2. The van der Waals surface area contributed by atoms with Gasteiger partial charge in [-0.1, -0.05) is 0 Å². The number of nitrogens with zero attached hydrogens (tertiary/aromatic N) is 1. The van der Waals surface area contributed by atoms with Gasteiger partial charge in [-0.15, -0.1) is 0 Å². The molecule has 2 heterocycles. The summed E-state index contributed by atoms with van der Waals surface area (Å²) >= 11 is 0. The highest BCUT2D eigenvalue weighted by Crippen LogP contribution is 2.26. The van der Waals surface area contributed by atoms with Crippen LogP contribution in [0.3, 0.4) is 0 Å². The molecule has 0 bridgehead atoms. The van der Waals surface area contributed by atoms with Crippen molar-refractivity contribution in [3.05, 3.63) is 24.2 Å². The number of carbonyl (C=O) groups is 2. The van der Waals surface area contributed by atoms with Crippen molar-refractivity contribution < 1.29 is 22.4 Å². The van der Waals surface area contributed by atoms with Crippen molar-refractivity contribution in [1.29, 1.82) is 0 Å². The van der Waals surface area contributed by atoms with Gasteiger partial charge in [-0.3, -0.25) is 9.59 Å². The fourth-order valence-electron chi connectivity index (χ4n) is 1.79. The van der Waals surface area contributed by atoms with E-state index in [9.17, 15) is 18.0 Å². The minimum absolute atomic E-state index is 0.115. The molecule has 18 heavy (non-hydrogen) atoms. The van der Waals surface area contributed by atoms with Gasteiger partial charge in [0, 0.05) is 0 Å². The standard InChI is InChI=1S/C10H12N2O5S/c11-8(13)5-12-9(14)4-10(12)18(15,16)6-7-2-1-3-17-7/h1-3,10H,4-6H2,(H2,11,13). The Balaban J connectivity index is 2.11. The predicted octanol–water partition coefficient (Wildman–Crippen LogP) is -0.762. The van der Waals surface area contributed by atoms with E-state index in [1.165, 1.54) is 12.3 Å². The maximum Gasteiger partial charge on any atom is 0.237 e. The summed E-state index contributed by atoms with van der Waals surface area (Å²) in [5.74, 6) is -1.12. The van der Waals surface area contributed by atoms with Crippen LogP contribution in [0.1, 0.15) is 12.2 Å². The number of hydrogen-bond donors (Lipinski definition) is 1. The van der Waals surface area contributed by atoms with Crippen molar-refractivity contribution in [2.45, 2.75) is 17.5 Å². The maximum atomic E-state index is 12.0. The van der Waals surface area contributed by atoms with Gasteiger partial charge < -0.3 is 15.1 Å². The number of amides is 2. The lowest BCUT2D eigenvalue weighted by Crippen LogP contribution is -2.58. The average Bonchev–Trinajstić information content (AvgIpc) is 2.74. The van der Waals surface area contributed by atoms with Crippen LogP contribution in [-0.2, 0) is 25.2 Å². The smallest absolute Gasteiger partial charge is 0.237 e. The Kier molecular flexibility index (Phi) is 3.12. The Hall–Kier alpha value is -1.83. The molecular formula is C10H12N2O5S. The maximum absolute atomic E-state index is 12.0. The number of likely N-dealkylation sites (tertiary alicyclic amines) is 1. The summed E-state index contributed by atoms with van der Waals surface area (Å²) in [5.41, 5.74) is 4.96. The fraction of sp³-hybridized carbons (Fsp3) is 0.400. The van der Waals surface area contributed by atoms with E-state index in [2.05, 4.69) is 0 Å². The van der Waals surface area contributed by atoms with Crippen LogP contribution in [0.2, 0.25) is 0 Å². The zero-order chi connectivity index (χ0) is 13.3. The highest BCUT2D eigenvalue weighted by molar-refractivity contribution is 7.91. The average molecular weight is 272 g/mol. The molecule has 1 aliphatic heterocycles. The molecule has 1 atom stereocenters. The van der Waals surface area contributed by atoms with E-state index >= 15 is 0 Å². The molecule has 0 saturated carbocycles. The van der Waals surface area contributed by atoms with Crippen LogP contribution < -0.4 is 5.73 Å². The first kappa shape index (κ1) is 12.6. The normalized spacial score (nSPS) is 19.7. The summed E-state index contributed by atoms with van der Waals surface area (Å²) in [6.45, 7) is -0.374. The number of carbonyl (C=O) groups excluding carboxylic acids is 2. The largest absolute Gasteiger partial charge is 0.468 e. The van der Waals surface area contributed by atoms with Crippen molar-refractivity contribution >= 4 is 21.7 Å². The van der Waals surface area contributed by atoms with Crippen LogP contribution in [0.15, 0.2) is 22.8 Å². The van der Waals surface area contributed by atoms with Crippen molar-refractivity contribution in [1.82, 2.24) is 4.90 Å². The summed E-state index contributed by atoms with van der Waals surface area (Å²) in [7, 11) is -3.57. The number of furan rings is 1. The summed E-state index contributed by atoms with van der Waals surface area (Å²) < 4.78 is 29.0. The second kappa shape index (κ2) is 4.45. The molecule has 1 saturated heterocycles. The van der Waals surface area contributed by atoms with Crippen LogP contribution in [0, 0.1) is 0 Å². The van der Waals surface area contributed by atoms with Crippen LogP contribution in [0.5, 0.6) is 0 Å². The molecule has 2 rings (SSSR count). The predicted molar refractivity (Wildman–Crippen MR) is 60.6 cm³/mol. The van der Waals surface area contributed by atoms with Gasteiger partial charge in [-0.25, -0.2) is 8.42 Å². The van der Waals surface area contributed by atoms with E-state index in [1.807, 2.05) is 0 Å². The van der Waals surface area contributed by atoms with E-state index in [-0.39, 0.29) is 24.6 Å². The third-order valence-corrected chi connectivity index (χ3v) is 4.62. The molecule has 7 nitrogen and oxygen atoms in total. The van der Waals surface area contributed by atoms with E-state index < -0.39 is 21.1 Å². The van der Waals surface area contributed by atoms with Crippen molar-refractivity contribution in [2.24, 2.45) is 5.73 Å². The number of primary amides is 1.